The Morgan fingerprint density at radius 1 is 1.44 bits per heavy atom. The van der Waals surface area contributed by atoms with Crippen LogP contribution in [0.15, 0.2) is 16.5 Å². The van der Waals surface area contributed by atoms with E-state index in [1.165, 1.54) is 25.7 Å². The number of nitrogens with one attached hydrogen (secondary N) is 1. The number of furan rings is 1. The van der Waals surface area contributed by atoms with Crippen molar-refractivity contribution in [1.29, 1.82) is 0 Å². The maximum atomic E-state index is 5.80. The van der Waals surface area contributed by atoms with Crippen LogP contribution in [0.4, 0.5) is 0 Å². The van der Waals surface area contributed by atoms with Crippen molar-refractivity contribution in [3.05, 3.63) is 23.7 Å². The van der Waals surface area contributed by atoms with Gasteiger partial charge >= 0.3 is 0 Å². The molecule has 1 atom stereocenters. The van der Waals surface area contributed by atoms with Crippen LogP contribution in [0.1, 0.15) is 43.1 Å². The molecule has 1 fully saturated rings. The highest BCUT2D eigenvalue weighted by molar-refractivity contribution is 5.11. The van der Waals surface area contributed by atoms with Gasteiger partial charge in [0.05, 0.1) is 0 Å². The third kappa shape index (κ3) is 2.86. The highest BCUT2D eigenvalue weighted by atomic mass is 16.3. The van der Waals surface area contributed by atoms with Crippen molar-refractivity contribution in [1.82, 2.24) is 5.32 Å². The molecule has 2 rings (SSSR count). The lowest BCUT2D eigenvalue weighted by atomic mass is 10.1. The summed E-state index contributed by atoms with van der Waals surface area (Å²) in [6.07, 6.45) is 5.36. The van der Waals surface area contributed by atoms with Crippen molar-refractivity contribution in [2.75, 3.05) is 13.1 Å². The molecule has 3 N–H and O–H groups in total. The standard InChI is InChI=1S/C13H22N2O/c1-10-6-7-13(16-10)11(8-14)9-15-12-4-2-3-5-12/h6-7,11-12,15H,2-5,8-9,14H2,1H3. The van der Waals surface area contributed by atoms with Gasteiger partial charge in [-0.05, 0) is 31.9 Å². The van der Waals surface area contributed by atoms with Crippen molar-refractivity contribution >= 4 is 0 Å². The Balaban J connectivity index is 1.85. The molecule has 0 radical (unpaired) electrons. The summed E-state index contributed by atoms with van der Waals surface area (Å²) in [4.78, 5) is 0. The van der Waals surface area contributed by atoms with Crippen molar-refractivity contribution < 1.29 is 4.42 Å². The van der Waals surface area contributed by atoms with Gasteiger partial charge in [0.2, 0.25) is 0 Å². The zero-order valence-corrected chi connectivity index (χ0v) is 10.0. The molecule has 3 heteroatoms. The minimum atomic E-state index is 0.314. The summed E-state index contributed by atoms with van der Waals surface area (Å²) < 4.78 is 5.63. The largest absolute Gasteiger partial charge is 0.466 e. The topological polar surface area (TPSA) is 51.2 Å². The number of hydrogen-bond acceptors (Lipinski definition) is 3. The highest BCUT2D eigenvalue weighted by Gasteiger charge is 2.18. The van der Waals surface area contributed by atoms with E-state index in [4.69, 9.17) is 10.2 Å². The zero-order chi connectivity index (χ0) is 11.4. The molecule has 1 aliphatic rings. The maximum absolute atomic E-state index is 5.80. The summed E-state index contributed by atoms with van der Waals surface area (Å²) >= 11 is 0. The Bertz CT molecular complexity index is 315. The van der Waals surface area contributed by atoms with E-state index in [1.54, 1.807) is 0 Å². The average molecular weight is 222 g/mol. The molecule has 1 saturated carbocycles. The van der Waals surface area contributed by atoms with Gasteiger partial charge in [-0.15, -0.1) is 0 Å². The first kappa shape index (κ1) is 11.7. The van der Waals surface area contributed by atoms with Gasteiger partial charge in [0, 0.05) is 25.0 Å². The SMILES string of the molecule is Cc1ccc(C(CN)CNC2CCCC2)o1. The van der Waals surface area contributed by atoms with Crippen LogP contribution in [0.2, 0.25) is 0 Å². The summed E-state index contributed by atoms with van der Waals surface area (Å²) in [5.74, 6) is 2.30. The molecule has 16 heavy (non-hydrogen) atoms. The molecule has 0 aromatic carbocycles. The Morgan fingerprint density at radius 3 is 2.75 bits per heavy atom. The molecule has 1 aliphatic carbocycles. The third-order valence-electron chi connectivity index (χ3n) is 3.46. The fourth-order valence-electron chi connectivity index (χ4n) is 2.41. The van der Waals surface area contributed by atoms with E-state index < -0.39 is 0 Å². The lowest BCUT2D eigenvalue weighted by molar-refractivity contribution is 0.413. The molecule has 0 aliphatic heterocycles. The van der Waals surface area contributed by atoms with Crippen LogP contribution in [-0.4, -0.2) is 19.1 Å². The molecule has 0 bridgehead atoms. The molecule has 1 heterocycles. The highest BCUT2D eigenvalue weighted by Crippen LogP contribution is 2.20. The van der Waals surface area contributed by atoms with Gasteiger partial charge in [0.1, 0.15) is 11.5 Å². The first-order valence-electron chi connectivity index (χ1n) is 6.29. The molecular formula is C13H22N2O. The van der Waals surface area contributed by atoms with Gasteiger partial charge in [-0.2, -0.15) is 0 Å². The average Bonchev–Trinajstić information content (AvgIpc) is 2.91. The second-order valence-corrected chi connectivity index (χ2v) is 4.77. The molecule has 3 nitrogen and oxygen atoms in total. The van der Waals surface area contributed by atoms with Crippen LogP contribution in [0.3, 0.4) is 0 Å². The maximum Gasteiger partial charge on any atom is 0.109 e. The van der Waals surface area contributed by atoms with E-state index in [9.17, 15) is 0 Å². The van der Waals surface area contributed by atoms with E-state index in [0.717, 1.165) is 18.1 Å². The van der Waals surface area contributed by atoms with Crippen molar-refractivity contribution in [2.24, 2.45) is 5.73 Å². The van der Waals surface area contributed by atoms with Gasteiger partial charge in [0.25, 0.3) is 0 Å². The van der Waals surface area contributed by atoms with Crippen molar-refractivity contribution in [3.63, 3.8) is 0 Å². The summed E-state index contributed by atoms with van der Waals surface area (Å²) in [6, 6.07) is 4.75. The molecule has 1 unspecified atom stereocenters. The lowest BCUT2D eigenvalue weighted by Gasteiger charge is -2.17. The minimum Gasteiger partial charge on any atom is -0.466 e. The molecule has 1 aromatic heterocycles. The predicted octanol–water partition coefficient (Wildman–Crippen LogP) is 2.16. The van der Waals surface area contributed by atoms with Crippen LogP contribution >= 0.6 is 0 Å². The van der Waals surface area contributed by atoms with E-state index in [1.807, 2.05) is 19.1 Å². The summed E-state index contributed by atoms with van der Waals surface area (Å²) in [7, 11) is 0. The van der Waals surface area contributed by atoms with Gasteiger partial charge < -0.3 is 15.5 Å². The number of hydrogen-bond donors (Lipinski definition) is 2. The second kappa shape index (κ2) is 5.51. The number of nitrogens with two attached hydrogens (primary N) is 1. The van der Waals surface area contributed by atoms with Crippen LogP contribution in [0.25, 0.3) is 0 Å². The van der Waals surface area contributed by atoms with Crippen LogP contribution in [0.5, 0.6) is 0 Å². The Kier molecular flexibility index (Phi) is 4.02. The first-order valence-corrected chi connectivity index (χ1v) is 6.29. The molecule has 1 aromatic rings. The van der Waals surface area contributed by atoms with Gasteiger partial charge in [-0.3, -0.25) is 0 Å². The minimum absolute atomic E-state index is 0.314. The zero-order valence-electron chi connectivity index (χ0n) is 10.0. The van der Waals surface area contributed by atoms with Gasteiger partial charge in [-0.25, -0.2) is 0 Å². The second-order valence-electron chi connectivity index (χ2n) is 4.77. The molecule has 0 saturated heterocycles. The molecular weight excluding hydrogens is 200 g/mol. The van der Waals surface area contributed by atoms with Crippen LogP contribution in [0, 0.1) is 6.92 Å². The molecule has 0 amide bonds. The number of rotatable bonds is 5. The summed E-state index contributed by atoms with van der Waals surface area (Å²) in [5.41, 5.74) is 5.80. The van der Waals surface area contributed by atoms with E-state index in [2.05, 4.69) is 5.32 Å². The smallest absolute Gasteiger partial charge is 0.109 e. The Hall–Kier alpha value is -0.800. The monoisotopic (exact) mass is 222 g/mol. The number of aryl methyl sites for hydroxylation is 1. The van der Waals surface area contributed by atoms with Gasteiger partial charge in [-0.1, -0.05) is 12.8 Å². The lowest BCUT2D eigenvalue weighted by Crippen LogP contribution is -2.33. The van der Waals surface area contributed by atoms with Gasteiger partial charge in [0.15, 0.2) is 0 Å². The van der Waals surface area contributed by atoms with E-state index in [0.29, 0.717) is 18.5 Å². The molecule has 0 spiro atoms. The fraction of sp³-hybridized carbons (Fsp3) is 0.692. The van der Waals surface area contributed by atoms with Crippen LogP contribution < -0.4 is 11.1 Å². The Morgan fingerprint density at radius 2 is 2.19 bits per heavy atom. The van der Waals surface area contributed by atoms with Crippen molar-refractivity contribution in [2.45, 2.75) is 44.6 Å². The normalized spacial score (nSPS) is 19.1. The summed E-state index contributed by atoms with van der Waals surface area (Å²) in [5, 5.41) is 3.60. The quantitative estimate of drug-likeness (QED) is 0.802. The van der Waals surface area contributed by atoms with E-state index >= 15 is 0 Å². The summed E-state index contributed by atoms with van der Waals surface area (Å²) in [6.45, 7) is 3.56. The fourth-order valence-corrected chi connectivity index (χ4v) is 2.41. The molecule has 90 valence electrons. The first-order chi connectivity index (χ1) is 7.79. The predicted molar refractivity (Wildman–Crippen MR) is 65.5 cm³/mol. The Labute approximate surface area is 97.4 Å². The third-order valence-corrected chi connectivity index (χ3v) is 3.46. The van der Waals surface area contributed by atoms with Crippen molar-refractivity contribution in [3.8, 4) is 0 Å². The van der Waals surface area contributed by atoms with E-state index in [-0.39, 0.29) is 0 Å². The van der Waals surface area contributed by atoms with Crippen LogP contribution in [-0.2, 0) is 0 Å².